The Balaban J connectivity index is 1.33. The van der Waals surface area contributed by atoms with Gasteiger partial charge in [0, 0.05) is 24.4 Å². The van der Waals surface area contributed by atoms with Gasteiger partial charge in [-0.15, -0.1) is 0 Å². The second-order valence-electron chi connectivity index (χ2n) is 9.81. The summed E-state index contributed by atoms with van der Waals surface area (Å²) in [5.74, 6) is 1.10. The molecule has 0 unspecified atom stereocenters. The van der Waals surface area contributed by atoms with Gasteiger partial charge in [0.05, 0.1) is 0 Å². The Hall–Kier alpha value is -2.12. The fraction of sp³-hybridized carbons (Fsp3) is 0.818. The molecule has 30 heavy (non-hydrogen) atoms. The van der Waals surface area contributed by atoms with Gasteiger partial charge in [-0.2, -0.15) is 0 Å². The van der Waals surface area contributed by atoms with Crippen molar-refractivity contribution in [2.45, 2.75) is 84.3 Å². The first-order valence-corrected chi connectivity index (χ1v) is 11.3. The van der Waals surface area contributed by atoms with Crippen LogP contribution in [-0.2, 0) is 19.1 Å². The molecule has 168 valence electrons. The molecular formula is C22H35N3O5. The van der Waals surface area contributed by atoms with Crippen molar-refractivity contribution >= 4 is 23.8 Å². The quantitative estimate of drug-likeness (QED) is 0.411. The molecule has 8 heteroatoms. The maximum atomic E-state index is 12.9. The smallest absolute Gasteiger partial charge is 0.321 e. The van der Waals surface area contributed by atoms with Crippen molar-refractivity contribution in [2.24, 2.45) is 23.2 Å². The molecule has 4 fully saturated rings. The van der Waals surface area contributed by atoms with Crippen LogP contribution in [0.4, 0.5) is 4.79 Å². The number of rotatable bonds is 8. The van der Waals surface area contributed by atoms with Gasteiger partial charge in [-0.3, -0.25) is 19.7 Å². The predicted octanol–water partition coefficient (Wildman–Crippen LogP) is 2.27. The zero-order valence-electron chi connectivity index (χ0n) is 18.3. The first-order chi connectivity index (χ1) is 14.2. The molecule has 0 aliphatic heterocycles. The van der Waals surface area contributed by atoms with Crippen molar-refractivity contribution in [3.05, 3.63) is 0 Å². The number of urea groups is 1. The molecule has 4 aliphatic rings. The van der Waals surface area contributed by atoms with Crippen LogP contribution in [0.5, 0.6) is 0 Å². The minimum Gasteiger partial charge on any atom is -0.453 e. The van der Waals surface area contributed by atoms with Gasteiger partial charge in [-0.05, 0) is 83.5 Å². The summed E-state index contributed by atoms with van der Waals surface area (Å²) in [4.78, 5) is 48.3. The summed E-state index contributed by atoms with van der Waals surface area (Å²) in [5, 5.41) is 7.70. The van der Waals surface area contributed by atoms with Crippen LogP contribution in [0.2, 0.25) is 0 Å². The number of nitrogens with one attached hydrogen (secondary N) is 3. The molecule has 0 aromatic rings. The Morgan fingerprint density at radius 3 is 2.07 bits per heavy atom. The average molecular weight is 422 g/mol. The van der Waals surface area contributed by atoms with E-state index in [1.165, 1.54) is 26.2 Å². The van der Waals surface area contributed by atoms with Crippen molar-refractivity contribution in [2.75, 3.05) is 6.54 Å². The minimum absolute atomic E-state index is 0.107. The van der Waals surface area contributed by atoms with Crippen molar-refractivity contribution < 1.29 is 23.9 Å². The molecule has 0 heterocycles. The fourth-order valence-electron chi connectivity index (χ4n) is 5.83. The van der Waals surface area contributed by atoms with Crippen molar-refractivity contribution in [3.8, 4) is 0 Å². The third kappa shape index (κ3) is 5.52. The highest BCUT2D eigenvalue weighted by atomic mass is 16.5. The van der Waals surface area contributed by atoms with Crippen molar-refractivity contribution in [3.63, 3.8) is 0 Å². The van der Waals surface area contributed by atoms with Crippen molar-refractivity contribution in [1.29, 1.82) is 0 Å². The lowest BCUT2D eigenvalue weighted by molar-refractivity contribution is -0.154. The van der Waals surface area contributed by atoms with Gasteiger partial charge >= 0.3 is 12.0 Å². The van der Waals surface area contributed by atoms with E-state index in [4.69, 9.17) is 4.74 Å². The van der Waals surface area contributed by atoms with Crippen LogP contribution in [0.1, 0.15) is 72.1 Å². The number of ether oxygens (including phenoxy) is 1. The van der Waals surface area contributed by atoms with E-state index in [0.717, 1.165) is 19.3 Å². The van der Waals surface area contributed by atoms with Crippen LogP contribution >= 0.6 is 0 Å². The molecule has 4 amide bonds. The summed E-state index contributed by atoms with van der Waals surface area (Å²) in [7, 11) is 0. The number of imide groups is 1. The highest BCUT2D eigenvalue weighted by Crippen LogP contribution is 2.60. The van der Waals surface area contributed by atoms with E-state index in [-0.39, 0.29) is 23.8 Å². The normalized spacial score (nSPS) is 29.9. The monoisotopic (exact) mass is 421 g/mol. The minimum atomic E-state index is -1.06. The summed E-state index contributed by atoms with van der Waals surface area (Å²) in [6, 6.07) is -0.727. The average Bonchev–Trinajstić information content (AvgIpc) is 2.63. The van der Waals surface area contributed by atoms with Gasteiger partial charge in [0.15, 0.2) is 6.10 Å². The summed E-state index contributed by atoms with van der Waals surface area (Å²) in [6.45, 7) is 5.39. The third-order valence-electron chi connectivity index (χ3n) is 6.70. The largest absolute Gasteiger partial charge is 0.453 e. The third-order valence-corrected chi connectivity index (χ3v) is 6.70. The molecule has 8 nitrogen and oxygen atoms in total. The second-order valence-corrected chi connectivity index (χ2v) is 9.81. The van der Waals surface area contributed by atoms with E-state index < -0.39 is 24.0 Å². The molecule has 4 aliphatic carbocycles. The Labute approximate surface area is 178 Å². The molecule has 0 aromatic heterocycles. The highest BCUT2D eigenvalue weighted by Gasteiger charge is 2.54. The van der Waals surface area contributed by atoms with E-state index >= 15 is 0 Å². The van der Waals surface area contributed by atoms with Gasteiger partial charge in [0.1, 0.15) is 0 Å². The van der Waals surface area contributed by atoms with Crippen LogP contribution in [0.25, 0.3) is 0 Å². The number of amides is 4. The van der Waals surface area contributed by atoms with Crippen LogP contribution < -0.4 is 16.0 Å². The lowest BCUT2D eigenvalue weighted by Crippen LogP contribution is -2.53. The van der Waals surface area contributed by atoms with Crippen LogP contribution in [0.3, 0.4) is 0 Å². The molecule has 0 saturated heterocycles. The van der Waals surface area contributed by atoms with Gasteiger partial charge in [0.25, 0.3) is 5.91 Å². The van der Waals surface area contributed by atoms with Gasteiger partial charge in [-0.25, -0.2) is 4.79 Å². The standard InChI is InChI=1S/C22H35N3O5/c1-13(2)24-21(29)25-19(27)14(3)30-18(26)5-4-6-23-20(28)22-10-15-7-16(11-22)9-17(8-15)12-22/h13-17H,4-12H2,1-3H3,(H,23,28)(H2,24,25,27,29)/t14-,15?,16?,17?,22?/m0/s1. The predicted molar refractivity (Wildman–Crippen MR) is 110 cm³/mol. The van der Waals surface area contributed by atoms with Gasteiger partial charge in [-0.1, -0.05) is 0 Å². The molecule has 4 bridgehead atoms. The van der Waals surface area contributed by atoms with Crippen molar-refractivity contribution in [1.82, 2.24) is 16.0 Å². The maximum absolute atomic E-state index is 12.9. The first-order valence-electron chi connectivity index (χ1n) is 11.3. The number of carbonyl (C=O) groups is 4. The van der Waals surface area contributed by atoms with E-state index in [1.54, 1.807) is 13.8 Å². The lowest BCUT2D eigenvalue weighted by Gasteiger charge is -2.55. The number of esters is 1. The molecule has 1 atom stereocenters. The Morgan fingerprint density at radius 2 is 1.53 bits per heavy atom. The van der Waals surface area contributed by atoms with E-state index in [2.05, 4.69) is 16.0 Å². The number of hydrogen-bond acceptors (Lipinski definition) is 5. The molecule has 0 aromatic carbocycles. The molecule has 3 N–H and O–H groups in total. The summed E-state index contributed by atoms with van der Waals surface area (Å²) < 4.78 is 5.08. The molecule has 4 saturated carbocycles. The molecule has 0 spiro atoms. The van der Waals surface area contributed by atoms with Gasteiger partial charge < -0.3 is 15.4 Å². The van der Waals surface area contributed by atoms with E-state index in [0.29, 0.717) is 30.7 Å². The van der Waals surface area contributed by atoms with Crippen LogP contribution in [0.15, 0.2) is 0 Å². The SMILES string of the molecule is CC(C)NC(=O)NC(=O)[C@H](C)OC(=O)CCCNC(=O)C12CC3CC(CC(C3)C1)C2. The van der Waals surface area contributed by atoms with Crippen LogP contribution in [-0.4, -0.2) is 42.5 Å². The molecule has 4 rings (SSSR count). The number of carbonyl (C=O) groups excluding carboxylic acids is 4. The summed E-state index contributed by atoms with van der Waals surface area (Å²) in [5.41, 5.74) is -0.182. The second kappa shape index (κ2) is 9.35. The van der Waals surface area contributed by atoms with Gasteiger partial charge in [0.2, 0.25) is 5.91 Å². The Kier molecular flexibility index (Phi) is 7.03. The van der Waals surface area contributed by atoms with E-state index in [9.17, 15) is 19.2 Å². The van der Waals surface area contributed by atoms with E-state index in [1.807, 2.05) is 0 Å². The highest BCUT2D eigenvalue weighted by molar-refractivity contribution is 5.97. The first kappa shape index (κ1) is 22.6. The molecule has 0 radical (unpaired) electrons. The Morgan fingerprint density at radius 1 is 0.967 bits per heavy atom. The van der Waals surface area contributed by atoms with Crippen LogP contribution in [0, 0.1) is 23.2 Å². The molecular weight excluding hydrogens is 386 g/mol. The topological polar surface area (TPSA) is 114 Å². The Bertz CT molecular complexity index is 655. The fourth-order valence-corrected chi connectivity index (χ4v) is 5.83. The zero-order chi connectivity index (χ0) is 21.9. The summed E-state index contributed by atoms with van der Waals surface area (Å²) in [6.07, 6.45) is 6.45. The zero-order valence-corrected chi connectivity index (χ0v) is 18.3. The lowest BCUT2D eigenvalue weighted by atomic mass is 9.49. The number of hydrogen-bond donors (Lipinski definition) is 3. The maximum Gasteiger partial charge on any atom is 0.321 e. The summed E-state index contributed by atoms with van der Waals surface area (Å²) >= 11 is 0.